The van der Waals surface area contributed by atoms with Gasteiger partial charge in [-0.3, -0.25) is 0 Å². The van der Waals surface area contributed by atoms with Gasteiger partial charge in [-0.25, -0.2) is 0 Å². The van der Waals surface area contributed by atoms with Gasteiger partial charge < -0.3 is 4.74 Å². The first kappa shape index (κ1) is 15.8. The van der Waals surface area contributed by atoms with Gasteiger partial charge in [0.2, 0.25) is 0 Å². The average molecular weight is 293 g/mol. The summed E-state index contributed by atoms with van der Waals surface area (Å²) in [6, 6.07) is 0. The molecule has 21 heavy (non-hydrogen) atoms. The van der Waals surface area contributed by atoms with Crippen LogP contribution in [-0.4, -0.2) is 11.2 Å². The van der Waals surface area contributed by atoms with Crippen LogP contribution < -0.4 is 0 Å². The molecule has 0 aromatic heterocycles. The first-order valence-electron chi connectivity index (χ1n) is 10.0. The molecule has 3 aliphatic rings. The van der Waals surface area contributed by atoms with Crippen LogP contribution >= 0.6 is 0 Å². The monoisotopic (exact) mass is 292 g/mol. The molecule has 2 spiro atoms. The SMILES string of the molecule is C1CCCCC2(CCCCC2)OC2(CCC1)CCCCC2. The van der Waals surface area contributed by atoms with E-state index in [0.717, 1.165) is 0 Å². The number of ether oxygens (including phenoxy) is 1. The largest absolute Gasteiger partial charge is 0.369 e. The zero-order chi connectivity index (χ0) is 14.4. The fourth-order valence-corrected chi connectivity index (χ4v) is 5.26. The second-order valence-corrected chi connectivity index (χ2v) is 8.21. The van der Waals surface area contributed by atoms with Crippen molar-refractivity contribution in [2.24, 2.45) is 0 Å². The third-order valence-corrected chi connectivity index (χ3v) is 6.48. The van der Waals surface area contributed by atoms with Gasteiger partial charge in [-0.2, -0.15) is 0 Å². The Kier molecular flexibility index (Phi) is 5.65. The summed E-state index contributed by atoms with van der Waals surface area (Å²) in [5.41, 5.74) is 0.555. The van der Waals surface area contributed by atoms with Gasteiger partial charge in [0.05, 0.1) is 11.2 Å². The molecule has 0 bridgehead atoms. The van der Waals surface area contributed by atoms with Crippen LogP contribution in [0.4, 0.5) is 0 Å². The van der Waals surface area contributed by atoms with Crippen LogP contribution in [0.5, 0.6) is 0 Å². The van der Waals surface area contributed by atoms with Gasteiger partial charge in [-0.1, -0.05) is 77.0 Å². The number of hydrogen-bond donors (Lipinski definition) is 0. The zero-order valence-corrected chi connectivity index (χ0v) is 14.1. The Labute approximate surface area is 132 Å². The summed E-state index contributed by atoms with van der Waals surface area (Å²) in [6.45, 7) is 0. The Morgan fingerprint density at radius 1 is 0.333 bits per heavy atom. The first-order chi connectivity index (χ1) is 10.3. The maximum absolute atomic E-state index is 7.14. The van der Waals surface area contributed by atoms with Crippen molar-refractivity contribution in [2.45, 2.75) is 127 Å². The van der Waals surface area contributed by atoms with E-state index in [1.165, 1.54) is 116 Å². The predicted octanol–water partition coefficient (Wildman–Crippen LogP) is 6.54. The van der Waals surface area contributed by atoms with Crippen LogP contribution in [0, 0.1) is 0 Å². The number of hydrogen-bond acceptors (Lipinski definition) is 1. The smallest absolute Gasteiger partial charge is 0.0690 e. The second-order valence-electron chi connectivity index (χ2n) is 8.21. The van der Waals surface area contributed by atoms with Gasteiger partial charge in [0, 0.05) is 0 Å². The minimum atomic E-state index is 0.278. The lowest BCUT2D eigenvalue weighted by Crippen LogP contribution is -2.47. The molecule has 0 radical (unpaired) electrons. The molecule has 2 saturated carbocycles. The van der Waals surface area contributed by atoms with Crippen molar-refractivity contribution in [3.05, 3.63) is 0 Å². The first-order valence-corrected chi connectivity index (χ1v) is 10.0. The van der Waals surface area contributed by atoms with Crippen LogP contribution in [0.15, 0.2) is 0 Å². The Balaban J connectivity index is 1.75. The van der Waals surface area contributed by atoms with Gasteiger partial charge in [0.15, 0.2) is 0 Å². The molecule has 0 aromatic rings. The Bertz CT molecular complexity index is 267. The standard InChI is InChI=1S/C20H36O/c1-2-4-8-14-20(17-11-6-12-18-20)21-19(13-7-3-1)15-9-5-10-16-19/h1-18H2. The highest BCUT2D eigenvalue weighted by Gasteiger charge is 2.42. The van der Waals surface area contributed by atoms with E-state index in [0.29, 0.717) is 0 Å². The molecule has 1 heteroatoms. The lowest BCUT2D eigenvalue weighted by Gasteiger charge is -2.48. The van der Waals surface area contributed by atoms with E-state index in [1.54, 1.807) is 0 Å². The lowest BCUT2D eigenvalue weighted by molar-refractivity contribution is -0.191. The van der Waals surface area contributed by atoms with Crippen molar-refractivity contribution < 1.29 is 4.74 Å². The van der Waals surface area contributed by atoms with E-state index in [4.69, 9.17) is 4.74 Å². The van der Waals surface area contributed by atoms with E-state index in [-0.39, 0.29) is 11.2 Å². The van der Waals surface area contributed by atoms with Gasteiger partial charge in [0.25, 0.3) is 0 Å². The third-order valence-electron chi connectivity index (χ3n) is 6.48. The van der Waals surface area contributed by atoms with Gasteiger partial charge in [0.1, 0.15) is 0 Å². The Morgan fingerprint density at radius 3 is 0.905 bits per heavy atom. The minimum absolute atomic E-state index is 0.278. The van der Waals surface area contributed by atoms with Crippen LogP contribution in [-0.2, 0) is 4.74 Å². The molecule has 0 amide bonds. The number of rotatable bonds is 0. The highest BCUT2D eigenvalue weighted by Crippen LogP contribution is 2.45. The van der Waals surface area contributed by atoms with Gasteiger partial charge in [-0.05, 0) is 38.5 Å². The molecular formula is C20H36O. The van der Waals surface area contributed by atoms with Crippen LogP contribution in [0.1, 0.15) is 116 Å². The molecule has 0 N–H and O–H groups in total. The zero-order valence-electron chi connectivity index (χ0n) is 14.1. The average Bonchev–Trinajstić information content (AvgIpc) is 2.54. The predicted molar refractivity (Wildman–Crippen MR) is 89.7 cm³/mol. The van der Waals surface area contributed by atoms with Crippen LogP contribution in [0.2, 0.25) is 0 Å². The molecule has 0 unspecified atom stereocenters. The quantitative estimate of drug-likeness (QED) is 0.492. The van der Waals surface area contributed by atoms with E-state index in [1.807, 2.05) is 0 Å². The molecule has 3 rings (SSSR count). The lowest BCUT2D eigenvalue weighted by atomic mass is 9.77. The molecule has 3 fully saturated rings. The summed E-state index contributed by atoms with van der Waals surface area (Å²) >= 11 is 0. The Hall–Kier alpha value is -0.0400. The maximum atomic E-state index is 7.14. The van der Waals surface area contributed by atoms with E-state index in [9.17, 15) is 0 Å². The summed E-state index contributed by atoms with van der Waals surface area (Å²) in [4.78, 5) is 0. The van der Waals surface area contributed by atoms with Crippen LogP contribution in [0.25, 0.3) is 0 Å². The fourth-order valence-electron chi connectivity index (χ4n) is 5.26. The van der Waals surface area contributed by atoms with Crippen molar-refractivity contribution in [3.8, 4) is 0 Å². The molecule has 0 atom stereocenters. The molecule has 122 valence electrons. The van der Waals surface area contributed by atoms with Crippen molar-refractivity contribution in [1.29, 1.82) is 0 Å². The molecule has 1 nitrogen and oxygen atoms in total. The van der Waals surface area contributed by atoms with Crippen molar-refractivity contribution in [1.82, 2.24) is 0 Å². The summed E-state index contributed by atoms with van der Waals surface area (Å²) < 4.78 is 7.14. The van der Waals surface area contributed by atoms with Crippen molar-refractivity contribution >= 4 is 0 Å². The topological polar surface area (TPSA) is 9.23 Å². The molecule has 1 saturated heterocycles. The molecule has 1 heterocycles. The van der Waals surface area contributed by atoms with E-state index in [2.05, 4.69) is 0 Å². The Morgan fingerprint density at radius 2 is 0.571 bits per heavy atom. The maximum Gasteiger partial charge on any atom is 0.0690 e. The van der Waals surface area contributed by atoms with Crippen molar-refractivity contribution in [3.63, 3.8) is 0 Å². The second kappa shape index (κ2) is 7.49. The van der Waals surface area contributed by atoms with E-state index >= 15 is 0 Å². The van der Waals surface area contributed by atoms with Gasteiger partial charge in [-0.15, -0.1) is 0 Å². The highest BCUT2D eigenvalue weighted by atomic mass is 16.5. The summed E-state index contributed by atoms with van der Waals surface area (Å²) in [5.74, 6) is 0. The summed E-state index contributed by atoms with van der Waals surface area (Å²) in [5, 5.41) is 0. The normalized spacial score (nSPS) is 30.9. The molecular weight excluding hydrogens is 256 g/mol. The van der Waals surface area contributed by atoms with E-state index < -0.39 is 0 Å². The summed E-state index contributed by atoms with van der Waals surface area (Å²) in [6.07, 6.45) is 25.3. The molecule has 1 aliphatic heterocycles. The summed E-state index contributed by atoms with van der Waals surface area (Å²) in [7, 11) is 0. The fraction of sp³-hybridized carbons (Fsp3) is 1.00. The highest BCUT2D eigenvalue weighted by molar-refractivity contribution is 4.93. The third kappa shape index (κ3) is 4.24. The van der Waals surface area contributed by atoms with Gasteiger partial charge >= 0.3 is 0 Å². The van der Waals surface area contributed by atoms with Crippen molar-refractivity contribution in [2.75, 3.05) is 0 Å². The molecule has 2 aliphatic carbocycles. The van der Waals surface area contributed by atoms with Crippen LogP contribution in [0.3, 0.4) is 0 Å². The molecule has 0 aromatic carbocycles. The minimum Gasteiger partial charge on any atom is -0.369 e.